The molecule has 0 radical (unpaired) electrons. The maximum atomic E-state index is 2.55. The maximum absolute atomic E-state index is 2.55. The highest BCUT2D eigenvalue weighted by Gasteiger charge is 2.23. The van der Waals surface area contributed by atoms with Gasteiger partial charge in [-0.3, -0.25) is 0 Å². The van der Waals surface area contributed by atoms with Crippen molar-refractivity contribution in [1.29, 1.82) is 0 Å². The molecule has 0 N–H and O–H groups in total. The van der Waals surface area contributed by atoms with Crippen LogP contribution in [0.2, 0.25) is 0 Å². The summed E-state index contributed by atoms with van der Waals surface area (Å²) >= 11 is 0. The molecule has 6 rings (SSSR count). The van der Waals surface area contributed by atoms with Crippen LogP contribution in [0.1, 0.15) is 25.0 Å². The molecule has 0 aliphatic carbocycles. The molecule has 0 bridgehead atoms. The molecule has 4 aromatic carbocycles. The molecule has 2 nitrogen and oxygen atoms in total. The highest BCUT2D eigenvalue weighted by molar-refractivity contribution is 6.30. The number of aromatic nitrogens is 2. The number of benzene rings is 4. The summed E-state index contributed by atoms with van der Waals surface area (Å²) in [6.07, 6.45) is 0. The van der Waals surface area contributed by atoms with Gasteiger partial charge < -0.3 is 9.13 Å². The largest absolute Gasteiger partial charge is 0.341 e. The Morgan fingerprint density at radius 2 is 1.16 bits per heavy atom. The zero-order valence-corrected chi connectivity index (χ0v) is 19.2. The Morgan fingerprint density at radius 1 is 0.562 bits per heavy atom. The van der Waals surface area contributed by atoms with Crippen LogP contribution >= 0.6 is 0 Å². The Balaban J connectivity index is 1.95. The summed E-state index contributed by atoms with van der Waals surface area (Å²) in [5, 5.41) is 5.53. The summed E-state index contributed by atoms with van der Waals surface area (Å²) < 4.78 is 5.05. The van der Waals surface area contributed by atoms with Crippen molar-refractivity contribution < 1.29 is 0 Å². The van der Waals surface area contributed by atoms with Crippen molar-refractivity contribution in [2.24, 2.45) is 0 Å². The van der Waals surface area contributed by atoms with Crippen LogP contribution in [-0.4, -0.2) is 9.13 Å². The third kappa shape index (κ3) is 2.35. The molecule has 0 saturated carbocycles. The fourth-order valence-electron chi connectivity index (χ4n) is 5.85. The second-order valence-corrected chi connectivity index (χ2v) is 8.77. The minimum Gasteiger partial charge on any atom is -0.341 e. The lowest BCUT2D eigenvalue weighted by Crippen LogP contribution is -2.00. The van der Waals surface area contributed by atoms with Crippen LogP contribution in [0, 0.1) is 13.8 Å². The van der Waals surface area contributed by atoms with Crippen LogP contribution in [0.5, 0.6) is 0 Å². The van der Waals surface area contributed by atoms with E-state index in [-0.39, 0.29) is 0 Å². The van der Waals surface area contributed by atoms with E-state index in [0.29, 0.717) is 0 Å². The monoisotopic (exact) mass is 416 g/mol. The summed E-state index contributed by atoms with van der Waals surface area (Å²) in [6, 6.07) is 26.5. The van der Waals surface area contributed by atoms with Gasteiger partial charge in [-0.15, -0.1) is 0 Å². The van der Waals surface area contributed by atoms with Crippen LogP contribution in [0.25, 0.3) is 54.7 Å². The lowest BCUT2D eigenvalue weighted by Gasteiger charge is -2.13. The molecule has 0 aliphatic rings. The fourth-order valence-corrected chi connectivity index (χ4v) is 5.85. The predicted octanol–water partition coefficient (Wildman–Crippen LogP) is 8.23. The lowest BCUT2D eigenvalue weighted by molar-refractivity contribution is 0.819. The Bertz CT molecular complexity index is 1650. The van der Waals surface area contributed by atoms with E-state index >= 15 is 0 Å². The predicted molar refractivity (Wildman–Crippen MR) is 139 cm³/mol. The zero-order valence-electron chi connectivity index (χ0n) is 19.2. The Labute approximate surface area is 188 Å². The first kappa shape index (κ1) is 19.2. The molecule has 2 aromatic heterocycles. The standard InChI is InChI=1S/C30H28N2/c1-5-31-25-18-11-10-15-23(25)26-27-24-17-12-16-22(21-13-8-7-9-14-21)30(24)32(6-2)29(27)20(4)19(3)28(26)31/h7-18H,5-6H2,1-4H3. The van der Waals surface area contributed by atoms with Gasteiger partial charge in [0.1, 0.15) is 0 Å². The van der Waals surface area contributed by atoms with Crippen molar-refractivity contribution >= 4 is 43.6 Å². The van der Waals surface area contributed by atoms with Crippen molar-refractivity contribution in [1.82, 2.24) is 9.13 Å². The molecule has 0 aliphatic heterocycles. The van der Waals surface area contributed by atoms with E-state index < -0.39 is 0 Å². The van der Waals surface area contributed by atoms with Crippen LogP contribution in [0.3, 0.4) is 0 Å². The van der Waals surface area contributed by atoms with Gasteiger partial charge in [-0.2, -0.15) is 0 Å². The van der Waals surface area contributed by atoms with E-state index in [4.69, 9.17) is 0 Å². The van der Waals surface area contributed by atoms with Crippen molar-refractivity contribution in [3.8, 4) is 11.1 Å². The molecule has 0 amide bonds. The highest BCUT2D eigenvalue weighted by atomic mass is 15.0. The topological polar surface area (TPSA) is 9.86 Å². The smallest absolute Gasteiger partial charge is 0.0571 e. The average Bonchev–Trinajstić information content (AvgIpc) is 3.35. The first-order chi connectivity index (χ1) is 15.7. The van der Waals surface area contributed by atoms with Gasteiger partial charge >= 0.3 is 0 Å². The Morgan fingerprint density at radius 3 is 1.88 bits per heavy atom. The van der Waals surface area contributed by atoms with Gasteiger partial charge in [-0.05, 0) is 50.5 Å². The third-order valence-corrected chi connectivity index (χ3v) is 7.29. The van der Waals surface area contributed by atoms with E-state index in [2.05, 4.69) is 110 Å². The first-order valence-electron chi connectivity index (χ1n) is 11.7. The van der Waals surface area contributed by atoms with E-state index in [0.717, 1.165) is 13.1 Å². The molecule has 2 heterocycles. The number of hydrogen-bond acceptors (Lipinski definition) is 0. The Kier molecular flexibility index (Phi) is 4.19. The van der Waals surface area contributed by atoms with Crippen molar-refractivity contribution in [3.63, 3.8) is 0 Å². The van der Waals surface area contributed by atoms with Crippen molar-refractivity contribution in [2.75, 3.05) is 0 Å². The second kappa shape index (κ2) is 7.00. The SMILES string of the molecule is CCn1c2ccccc2c2c3c4cccc(-c5ccccc5)c4n(CC)c3c(C)c(C)c21. The van der Waals surface area contributed by atoms with Crippen LogP contribution in [0.15, 0.2) is 72.8 Å². The molecule has 158 valence electrons. The summed E-state index contributed by atoms with van der Waals surface area (Å²) in [5.41, 5.74) is 10.8. The van der Waals surface area contributed by atoms with E-state index in [1.807, 2.05) is 0 Å². The second-order valence-electron chi connectivity index (χ2n) is 8.77. The summed E-state index contributed by atoms with van der Waals surface area (Å²) in [4.78, 5) is 0. The molecular formula is C30H28N2. The molecule has 0 atom stereocenters. The lowest BCUT2D eigenvalue weighted by atomic mass is 9.97. The first-order valence-corrected chi connectivity index (χ1v) is 11.7. The number of fused-ring (bicyclic) bond motifs is 7. The molecule has 0 saturated heterocycles. The number of aryl methyl sites for hydroxylation is 4. The number of rotatable bonds is 3. The van der Waals surface area contributed by atoms with E-state index in [1.165, 1.54) is 65.9 Å². The molecule has 0 unspecified atom stereocenters. The number of hydrogen-bond donors (Lipinski definition) is 0. The quantitative estimate of drug-likeness (QED) is 0.275. The number of nitrogens with zero attached hydrogens (tertiary/aromatic N) is 2. The molecule has 6 aromatic rings. The van der Waals surface area contributed by atoms with E-state index in [9.17, 15) is 0 Å². The average molecular weight is 417 g/mol. The van der Waals surface area contributed by atoms with Gasteiger partial charge in [0.15, 0.2) is 0 Å². The van der Waals surface area contributed by atoms with Crippen molar-refractivity contribution in [2.45, 2.75) is 40.8 Å². The molecule has 2 heteroatoms. The molecule has 0 fully saturated rings. The van der Waals surface area contributed by atoms with Gasteiger partial charge in [-0.1, -0.05) is 66.7 Å². The highest BCUT2D eigenvalue weighted by Crippen LogP contribution is 2.45. The summed E-state index contributed by atoms with van der Waals surface area (Å²) in [5.74, 6) is 0. The normalized spacial score (nSPS) is 12.0. The van der Waals surface area contributed by atoms with Crippen LogP contribution < -0.4 is 0 Å². The van der Waals surface area contributed by atoms with Crippen LogP contribution in [-0.2, 0) is 13.1 Å². The minimum absolute atomic E-state index is 0.946. The molecular weight excluding hydrogens is 388 g/mol. The van der Waals surface area contributed by atoms with Gasteiger partial charge in [0, 0.05) is 45.7 Å². The third-order valence-electron chi connectivity index (χ3n) is 7.29. The molecule has 0 spiro atoms. The van der Waals surface area contributed by atoms with Crippen molar-refractivity contribution in [3.05, 3.63) is 83.9 Å². The zero-order chi connectivity index (χ0) is 22.0. The summed E-state index contributed by atoms with van der Waals surface area (Å²) in [7, 11) is 0. The number of para-hydroxylation sites is 2. The summed E-state index contributed by atoms with van der Waals surface area (Å²) in [6.45, 7) is 11.1. The minimum atomic E-state index is 0.946. The van der Waals surface area contributed by atoms with E-state index in [1.54, 1.807) is 0 Å². The van der Waals surface area contributed by atoms with Gasteiger partial charge in [-0.25, -0.2) is 0 Å². The van der Waals surface area contributed by atoms with Crippen LogP contribution in [0.4, 0.5) is 0 Å². The Hall–Kier alpha value is -3.52. The van der Waals surface area contributed by atoms with Gasteiger partial charge in [0.2, 0.25) is 0 Å². The van der Waals surface area contributed by atoms with Gasteiger partial charge in [0.25, 0.3) is 0 Å². The fraction of sp³-hybridized carbons (Fsp3) is 0.200. The van der Waals surface area contributed by atoms with Gasteiger partial charge in [0.05, 0.1) is 16.6 Å². The maximum Gasteiger partial charge on any atom is 0.0571 e. The molecule has 32 heavy (non-hydrogen) atoms.